The van der Waals surface area contributed by atoms with Crippen molar-refractivity contribution in [3.8, 4) is 11.1 Å². The summed E-state index contributed by atoms with van der Waals surface area (Å²) in [5.41, 5.74) is 5.59. The van der Waals surface area contributed by atoms with Gasteiger partial charge in [-0.3, -0.25) is 14.2 Å². The summed E-state index contributed by atoms with van der Waals surface area (Å²) in [4.78, 5) is 51.1. The van der Waals surface area contributed by atoms with Crippen LogP contribution in [0.2, 0.25) is 0 Å². The van der Waals surface area contributed by atoms with E-state index in [0.29, 0.717) is 34.1 Å². The smallest absolute Gasteiger partial charge is 0.418 e. The van der Waals surface area contributed by atoms with Gasteiger partial charge in [-0.25, -0.2) is 14.5 Å². The first-order chi connectivity index (χ1) is 17.9. The van der Waals surface area contributed by atoms with Crippen molar-refractivity contribution in [2.45, 2.75) is 83.5 Å². The van der Waals surface area contributed by atoms with Crippen LogP contribution in [0.25, 0.3) is 11.1 Å². The van der Waals surface area contributed by atoms with Gasteiger partial charge in [0.2, 0.25) is 5.91 Å². The maximum Gasteiger partial charge on any atom is 0.418 e. The molecule has 1 saturated carbocycles. The summed E-state index contributed by atoms with van der Waals surface area (Å²) in [6.45, 7) is 2.16. The Morgan fingerprint density at radius 1 is 1.05 bits per heavy atom. The molecule has 38 heavy (non-hydrogen) atoms. The lowest BCUT2D eigenvalue weighted by atomic mass is 9.94. The fourth-order valence-electron chi connectivity index (χ4n) is 4.39. The normalized spacial score (nSPS) is 15.1. The largest absolute Gasteiger partial charge is 0.443 e. The molecule has 1 aromatic heterocycles. The average molecular weight is 533 g/mol. The molecule has 9 nitrogen and oxygen atoms in total. The van der Waals surface area contributed by atoms with Gasteiger partial charge < -0.3 is 15.8 Å². The Morgan fingerprint density at radius 3 is 2.21 bits per heavy atom. The molecule has 1 fully saturated rings. The number of hydrogen-bond donors (Lipinski definition) is 2. The van der Waals surface area contributed by atoms with Gasteiger partial charge in [-0.05, 0) is 56.4 Å². The zero-order valence-corrected chi connectivity index (χ0v) is 21.8. The van der Waals surface area contributed by atoms with Gasteiger partial charge in [-0.15, -0.1) is 0 Å². The van der Waals surface area contributed by atoms with E-state index >= 15 is 0 Å². The van der Waals surface area contributed by atoms with Crippen LogP contribution in [-0.4, -0.2) is 45.2 Å². The van der Waals surface area contributed by atoms with E-state index in [0.717, 1.165) is 36.4 Å². The van der Waals surface area contributed by atoms with Crippen molar-refractivity contribution in [2.75, 3.05) is 0 Å². The number of halogens is 2. The Hall–Kier alpha value is -3.76. The fourth-order valence-corrected chi connectivity index (χ4v) is 4.39. The van der Waals surface area contributed by atoms with Crippen molar-refractivity contribution in [3.05, 3.63) is 58.5 Å². The Kier molecular flexibility index (Phi) is 9.24. The number of carbonyl (C=O) groups excluding carboxylic acids is 3. The van der Waals surface area contributed by atoms with Crippen molar-refractivity contribution in [3.63, 3.8) is 0 Å². The average Bonchev–Trinajstić information content (AvgIpc) is 2.84. The SMILES string of the molecule is CC(C)(C)OC(=O)N(C(=O)N[C@@H](Cc1ccc(-c2ccc(=O)n(C(F)F)c2)cc1)C(N)=O)C1CCCCC1. The second-order valence-electron chi connectivity index (χ2n) is 10.4. The Bertz CT molecular complexity index is 1200. The monoisotopic (exact) mass is 532 g/mol. The number of alkyl halides is 2. The van der Waals surface area contributed by atoms with Crippen molar-refractivity contribution >= 4 is 18.0 Å². The van der Waals surface area contributed by atoms with Gasteiger partial charge in [-0.1, -0.05) is 43.5 Å². The van der Waals surface area contributed by atoms with E-state index < -0.39 is 41.8 Å². The van der Waals surface area contributed by atoms with Gasteiger partial charge in [0.15, 0.2) is 0 Å². The highest BCUT2D eigenvalue weighted by molar-refractivity contribution is 5.94. The summed E-state index contributed by atoms with van der Waals surface area (Å²) < 4.78 is 31.9. The van der Waals surface area contributed by atoms with Crippen molar-refractivity contribution in [1.29, 1.82) is 0 Å². The van der Waals surface area contributed by atoms with Crippen LogP contribution in [0.15, 0.2) is 47.4 Å². The number of imide groups is 1. The fraction of sp³-hybridized carbons (Fsp3) is 0.481. The lowest BCUT2D eigenvalue weighted by Crippen LogP contribution is -2.56. The first kappa shape index (κ1) is 28.8. The van der Waals surface area contributed by atoms with Crippen LogP contribution in [0.5, 0.6) is 0 Å². The number of carbonyl (C=O) groups is 3. The molecule has 206 valence electrons. The number of ether oxygens (including phenoxy) is 1. The van der Waals surface area contributed by atoms with E-state index in [-0.39, 0.29) is 12.5 Å². The lowest BCUT2D eigenvalue weighted by Gasteiger charge is -2.34. The van der Waals surface area contributed by atoms with Crippen LogP contribution >= 0.6 is 0 Å². The van der Waals surface area contributed by atoms with Gasteiger partial charge in [0, 0.05) is 24.7 Å². The number of nitrogens with one attached hydrogen (secondary N) is 1. The van der Waals surface area contributed by atoms with Crippen LogP contribution in [0.4, 0.5) is 18.4 Å². The molecular formula is C27H34F2N4O5. The van der Waals surface area contributed by atoms with Crippen LogP contribution in [0.1, 0.15) is 65.0 Å². The first-order valence-corrected chi connectivity index (χ1v) is 12.6. The molecule has 0 bridgehead atoms. The standard InChI is InChI=1S/C27H34F2N4O5/c1-27(2,3)38-26(37)33(20-7-5-4-6-8-20)25(36)31-21(23(30)35)15-17-9-11-18(12-10-17)19-13-14-22(34)32(16-19)24(28)29/h9-14,16,20-21,24H,4-8,15H2,1-3H3,(H2,30,35)(H,31,36)/t21-/m0/s1. The minimum absolute atomic E-state index is 0.0463. The third kappa shape index (κ3) is 7.62. The number of primary amides is 1. The quantitative estimate of drug-likeness (QED) is 0.540. The summed E-state index contributed by atoms with van der Waals surface area (Å²) in [5.74, 6) is -0.779. The Labute approximate surface area is 219 Å². The lowest BCUT2D eigenvalue weighted by molar-refractivity contribution is -0.119. The third-order valence-corrected chi connectivity index (χ3v) is 6.27. The molecule has 1 heterocycles. The zero-order valence-electron chi connectivity index (χ0n) is 21.8. The van der Waals surface area contributed by atoms with Gasteiger partial charge in [0.05, 0.1) is 0 Å². The summed E-state index contributed by atoms with van der Waals surface area (Å²) in [7, 11) is 0. The second-order valence-corrected chi connectivity index (χ2v) is 10.4. The Balaban J connectivity index is 1.76. The predicted octanol–water partition coefficient (Wildman–Crippen LogP) is 4.59. The molecule has 0 radical (unpaired) electrons. The highest BCUT2D eigenvalue weighted by atomic mass is 19.3. The number of amides is 4. The van der Waals surface area contributed by atoms with Crippen LogP contribution in [0.3, 0.4) is 0 Å². The zero-order chi connectivity index (χ0) is 28.0. The molecule has 1 aliphatic rings. The number of nitrogens with two attached hydrogens (primary N) is 1. The molecule has 0 saturated heterocycles. The third-order valence-electron chi connectivity index (χ3n) is 6.27. The summed E-state index contributed by atoms with van der Waals surface area (Å²) in [6.07, 6.45) is 4.40. The number of hydrogen-bond acceptors (Lipinski definition) is 5. The molecule has 0 unspecified atom stereocenters. The molecular weight excluding hydrogens is 498 g/mol. The summed E-state index contributed by atoms with van der Waals surface area (Å²) in [5, 5.41) is 2.59. The summed E-state index contributed by atoms with van der Waals surface area (Å²) in [6, 6.07) is 6.95. The molecule has 0 aliphatic heterocycles. The number of rotatable bonds is 7. The van der Waals surface area contributed by atoms with E-state index in [1.54, 1.807) is 45.0 Å². The molecule has 11 heteroatoms. The molecule has 0 spiro atoms. The van der Waals surface area contributed by atoms with Crippen LogP contribution in [-0.2, 0) is 16.0 Å². The number of benzene rings is 1. The number of nitrogens with zero attached hydrogens (tertiary/aromatic N) is 2. The molecule has 4 amide bonds. The number of pyridine rings is 1. The maximum absolute atomic E-state index is 13.2. The highest BCUT2D eigenvalue weighted by Gasteiger charge is 2.35. The Morgan fingerprint density at radius 2 is 1.66 bits per heavy atom. The molecule has 2 aromatic rings. The highest BCUT2D eigenvalue weighted by Crippen LogP contribution is 2.25. The van der Waals surface area contributed by atoms with Gasteiger partial charge in [-0.2, -0.15) is 8.78 Å². The molecule has 3 N–H and O–H groups in total. The van der Waals surface area contributed by atoms with Crippen molar-refractivity contribution < 1.29 is 27.9 Å². The molecule has 1 aromatic carbocycles. The van der Waals surface area contributed by atoms with E-state index in [1.165, 1.54) is 6.07 Å². The minimum Gasteiger partial charge on any atom is -0.443 e. The second kappa shape index (κ2) is 12.2. The first-order valence-electron chi connectivity index (χ1n) is 12.6. The van der Waals surface area contributed by atoms with Crippen LogP contribution < -0.4 is 16.6 Å². The summed E-state index contributed by atoms with van der Waals surface area (Å²) >= 11 is 0. The van der Waals surface area contributed by atoms with Gasteiger partial charge >= 0.3 is 18.7 Å². The molecule has 3 rings (SSSR count). The van der Waals surface area contributed by atoms with Gasteiger partial charge in [0.25, 0.3) is 5.56 Å². The molecule has 1 atom stereocenters. The number of aromatic nitrogens is 1. The minimum atomic E-state index is -2.96. The molecule has 1 aliphatic carbocycles. The van der Waals surface area contributed by atoms with Gasteiger partial charge in [0.1, 0.15) is 11.6 Å². The van der Waals surface area contributed by atoms with Crippen LogP contribution in [0, 0.1) is 0 Å². The predicted molar refractivity (Wildman–Crippen MR) is 138 cm³/mol. The topological polar surface area (TPSA) is 124 Å². The van der Waals surface area contributed by atoms with Crippen molar-refractivity contribution in [1.82, 2.24) is 14.8 Å². The maximum atomic E-state index is 13.2. The van der Waals surface area contributed by atoms with E-state index in [4.69, 9.17) is 10.5 Å². The van der Waals surface area contributed by atoms with E-state index in [1.807, 2.05) is 0 Å². The van der Waals surface area contributed by atoms with Crippen molar-refractivity contribution in [2.24, 2.45) is 5.73 Å². The number of urea groups is 1. The van der Waals surface area contributed by atoms with E-state index in [2.05, 4.69) is 5.32 Å². The van der Waals surface area contributed by atoms with E-state index in [9.17, 15) is 28.0 Å².